The standard InChI is InChI=1S/C13H25N3/c1-2-7-15-8-10-16(11-9-15)13(14)12-5-3-4-6-12/h12,14H,2-11H2,1H3. The fraction of sp³-hybridized carbons (Fsp3) is 0.923. The largest absolute Gasteiger partial charge is 0.358 e. The van der Waals surface area contributed by atoms with Crippen LogP contribution in [0.15, 0.2) is 0 Å². The van der Waals surface area contributed by atoms with Crippen molar-refractivity contribution in [3.05, 3.63) is 0 Å². The van der Waals surface area contributed by atoms with Crippen LogP contribution in [0.1, 0.15) is 39.0 Å². The first kappa shape index (κ1) is 11.9. The summed E-state index contributed by atoms with van der Waals surface area (Å²) in [6.45, 7) is 7.94. The van der Waals surface area contributed by atoms with Crippen LogP contribution in [0.5, 0.6) is 0 Å². The second-order valence-electron chi connectivity index (χ2n) is 5.20. The predicted octanol–water partition coefficient (Wildman–Crippen LogP) is 2.18. The molecule has 0 aromatic heterocycles. The number of rotatable bonds is 3. The van der Waals surface area contributed by atoms with Crippen LogP contribution < -0.4 is 0 Å². The molecule has 3 heteroatoms. The Morgan fingerprint density at radius 1 is 1.12 bits per heavy atom. The number of piperazine rings is 1. The summed E-state index contributed by atoms with van der Waals surface area (Å²) in [4.78, 5) is 4.85. The lowest BCUT2D eigenvalue weighted by Crippen LogP contribution is -2.49. The van der Waals surface area contributed by atoms with E-state index in [4.69, 9.17) is 5.41 Å². The molecule has 16 heavy (non-hydrogen) atoms. The molecule has 2 fully saturated rings. The van der Waals surface area contributed by atoms with E-state index in [0.717, 1.165) is 32.0 Å². The number of nitrogens with zero attached hydrogens (tertiary/aromatic N) is 2. The maximum absolute atomic E-state index is 8.26. The summed E-state index contributed by atoms with van der Waals surface area (Å²) >= 11 is 0. The molecule has 0 amide bonds. The van der Waals surface area contributed by atoms with Crippen molar-refractivity contribution in [3.63, 3.8) is 0 Å². The second-order valence-corrected chi connectivity index (χ2v) is 5.20. The Hall–Kier alpha value is -0.570. The monoisotopic (exact) mass is 223 g/mol. The van der Waals surface area contributed by atoms with Crippen molar-refractivity contribution in [1.82, 2.24) is 9.80 Å². The van der Waals surface area contributed by atoms with E-state index < -0.39 is 0 Å². The van der Waals surface area contributed by atoms with Crippen LogP contribution >= 0.6 is 0 Å². The Labute approximate surface area is 99.3 Å². The van der Waals surface area contributed by atoms with E-state index in [2.05, 4.69) is 16.7 Å². The third-order valence-electron chi connectivity index (χ3n) is 3.99. The molecule has 1 saturated heterocycles. The minimum Gasteiger partial charge on any atom is -0.358 e. The van der Waals surface area contributed by atoms with Crippen LogP contribution in [0, 0.1) is 11.3 Å². The molecule has 0 aromatic carbocycles. The van der Waals surface area contributed by atoms with Crippen LogP contribution in [-0.4, -0.2) is 48.4 Å². The Morgan fingerprint density at radius 3 is 2.31 bits per heavy atom. The van der Waals surface area contributed by atoms with Crippen molar-refractivity contribution in [1.29, 1.82) is 5.41 Å². The molecule has 0 bridgehead atoms. The molecule has 1 aliphatic carbocycles. The molecule has 0 radical (unpaired) electrons. The second kappa shape index (κ2) is 5.67. The van der Waals surface area contributed by atoms with Gasteiger partial charge in [0.1, 0.15) is 0 Å². The average molecular weight is 223 g/mol. The van der Waals surface area contributed by atoms with Crippen molar-refractivity contribution in [2.45, 2.75) is 39.0 Å². The first-order valence-electron chi connectivity index (χ1n) is 6.87. The lowest BCUT2D eigenvalue weighted by Gasteiger charge is -2.37. The zero-order valence-electron chi connectivity index (χ0n) is 10.5. The lowest BCUT2D eigenvalue weighted by atomic mass is 10.1. The lowest BCUT2D eigenvalue weighted by molar-refractivity contribution is 0.177. The third kappa shape index (κ3) is 2.76. The molecule has 1 saturated carbocycles. The fourth-order valence-corrected chi connectivity index (χ4v) is 2.99. The third-order valence-corrected chi connectivity index (χ3v) is 3.99. The van der Waals surface area contributed by atoms with E-state index in [0.29, 0.717) is 5.92 Å². The smallest absolute Gasteiger partial charge is 0.0990 e. The van der Waals surface area contributed by atoms with E-state index in [9.17, 15) is 0 Å². The van der Waals surface area contributed by atoms with Gasteiger partial charge in [0.15, 0.2) is 0 Å². The van der Waals surface area contributed by atoms with Crippen molar-refractivity contribution in [2.24, 2.45) is 5.92 Å². The number of nitrogens with one attached hydrogen (secondary N) is 1. The highest BCUT2D eigenvalue weighted by molar-refractivity contribution is 5.82. The van der Waals surface area contributed by atoms with Crippen LogP contribution in [-0.2, 0) is 0 Å². The van der Waals surface area contributed by atoms with Gasteiger partial charge >= 0.3 is 0 Å². The summed E-state index contributed by atoms with van der Waals surface area (Å²) in [5, 5.41) is 8.26. The molecule has 0 atom stereocenters. The van der Waals surface area contributed by atoms with Crippen LogP contribution in [0.25, 0.3) is 0 Å². The average Bonchev–Trinajstić information content (AvgIpc) is 2.83. The van der Waals surface area contributed by atoms with Gasteiger partial charge in [0.25, 0.3) is 0 Å². The Kier molecular flexibility index (Phi) is 4.22. The predicted molar refractivity (Wildman–Crippen MR) is 68.0 cm³/mol. The van der Waals surface area contributed by atoms with Crippen molar-refractivity contribution < 1.29 is 0 Å². The molecule has 0 spiro atoms. The van der Waals surface area contributed by atoms with Gasteiger partial charge in [-0.2, -0.15) is 0 Å². The molecular formula is C13H25N3. The van der Waals surface area contributed by atoms with E-state index in [1.165, 1.54) is 38.6 Å². The number of hydrogen-bond acceptors (Lipinski definition) is 2. The summed E-state index contributed by atoms with van der Waals surface area (Å²) in [7, 11) is 0. The molecule has 1 N–H and O–H groups in total. The van der Waals surface area contributed by atoms with Crippen LogP contribution in [0.4, 0.5) is 0 Å². The molecule has 3 nitrogen and oxygen atoms in total. The fourth-order valence-electron chi connectivity index (χ4n) is 2.99. The summed E-state index contributed by atoms with van der Waals surface area (Å²) < 4.78 is 0. The van der Waals surface area contributed by atoms with Gasteiger partial charge in [0.2, 0.25) is 0 Å². The summed E-state index contributed by atoms with van der Waals surface area (Å²) in [6, 6.07) is 0. The van der Waals surface area contributed by atoms with Crippen LogP contribution in [0.2, 0.25) is 0 Å². The minimum atomic E-state index is 0.581. The van der Waals surface area contributed by atoms with E-state index in [1.54, 1.807) is 0 Å². The van der Waals surface area contributed by atoms with E-state index >= 15 is 0 Å². The zero-order valence-corrected chi connectivity index (χ0v) is 10.5. The number of amidine groups is 1. The van der Waals surface area contributed by atoms with Crippen molar-refractivity contribution in [2.75, 3.05) is 32.7 Å². The highest BCUT2D eigenvalue weighted by atomic mass is 15.3. The highest BCUT2D eigenvalue weighted by Gasteiger charge is 2.26. The molecule has 2 aliphatic rings. The Balaban J connectivity index is 1.77. The zero-order chi connectivity index (χ0) is 11.4. The topological polar surface area (TPSA) is 30.3 Å². The first-order chi connectivity index (χ1) is 7.81. The van der Waals surface area contributed by atoms with Gasteiger partial charge in [-0.3, -0.25) is 10.3 Å². The Morgan fingerprint density at radius 2 is 1.75 bits per heavy atom. The minimum absolute atomic E-state index is 0.581. The quantitative estimate of drug-likeness (QED) is 0.587. The summed E-state index contributed by atoms with van der Waals surface area (Å²) in [6.07, 6.45) is 6.44. The van der Waals surface area contributed by atoms with Gasteiger partial charge in [-0.1, -0.05) is 19.8 Å². The maximum Gasteiger partial charge on any atom is 0.0990 e. The van der Waals surface area contributed by atoms with E-state index in [1.807, 2.05) is 0 Å². The molecular weight excluding hydrogens is 198 g/mol. The molecule has 0 unspecified atom stereocenters. The summed E-state index contributed by atoms with van der Waals surface area (Å²) in [5.74, 6) is 1.52. The molecule has 2 rings (SSSR count). The number of hydrogen-bond donors (Lipinski definition) is 1. The van der Waals surface area contributed by atoms with Gasteiger partial charge < -0.3 is 4.90 Å². The van der Waals surface area contributed by atoms with Gasteiger partial charge in [-0.05, 0) is 25.8 Å². The first-order valence-corrected chi connectivity index (χ1v) is 6.87. The van der Waals surface area contributed by atoms with Gasteiger partial charge in [-0.25, -0.2) is 0 Å². The SMILES string of the molecule is CCCN1CCN(C(=N)C2CCCC2)CC1. The molecule has 1 aliphatic heterocycles. The molecule has 0 aromatic rings. The Bertz CT molecular complexity index is 225. The summed E-state index contributed by atoms with van der Waals surface area (Å²) in [5.41, 5.74) is 0. The van der Waals surface area contributed by atoms with Gasteiger partial charge in [0.05, 0.1) is 5.84 Å². The van der Waals surface area contributed by atoms with Crippen LogP contribution in [0.3, 0.4) is 0 Å². The molecule has 92 valence electrons. The van der Waals surface area contributed by atoms with Crippen molar-refractivity contribution >= 4 is 5.84 Å². The maximum atomic E-state index is 8.26. The van der Waals surface area contributed by atoms with Crippen molar-refractivity contribution in [3.8, 4) is 0 Å². The highest BCUT2D eigenvalue weighted by Crippen LogP contribution is 2.27. The van der Waals surface area contributed by atoms with Gasteiger partial charge in [-0.15, -0.1) is 0 Å². The molecule has 1 heterocycles. The van der Waals surface area contributed by atoms with Gasteiger partial charge in [0, 0.05) is 32.1 Å². The normalized spacial score (nSPS) is 23.9. The van der Waals surface area contributed by atoms with E-state index in [-0.39, 0.29) is 0 Å².